The van der Waals surface area contributed by atoms with Gasteiger partial charge in [-0.3, -0.25) is 15.6 Å². The summed E-state index contributed by atoms with van der Waals surface area (Å²) >= 11 is 0. The minimum atomic E-state index is -1.14. The van der Waals surface area contributed by atoms with Crippen LogP contribution in [0, 0.1) is 10.8 Å². The third kappa shape index (κ3) is 4.93. The summed E-state index contributed by atoms with van der Waals surface area (Å²) in [6, 6.07) is 19.9. The largest absolute Gasteiger partial charge is 0.407 e. The zero-order chi connectivity index (χ0) is 24.9. The molecule has 5 rings (SSSR count). The van der Waals surface area contributed by atoms with Crippen molar-refractivity contribution in [2.75, 3.05) is 36.5 Å². The number of nitrogens with one attached hydrogen (secondary N) is 4. The Bertz CT molecular complexity index is 1320. The van der Waals surface area contributed by atoms with Crippen molar-refractivity contribution in [3.63, 3.8) is 0 Å². The molecule has 0 bridgehead atoms. The molecule has 182 valence electrons. The minimum Gasteiger partial charge on any atom is -0.407 e. The first-order valence-corrected chi connectivity index (χ1v) is 11.5. The molecule has 1 fully saturated rings. The number of aromatic nitrogens is 1. The fraction of sp³-hybridized carbons (Fsp3) is 0.192. The van der Waals surface area contributed by atoms with Crippen LogP contribution in [-0.2, 0) is 14.3 Å². The lowest BCUT2D eigenvalue weighted by Gasteiger charge is -2.29. The van der Waals surface area contributed by atoms with Gasteiger partial charge in [0.25, 0.3) is 11.9 Å². The summed E-state index contributed by atoms with van der Waals surface area (Å²) in [5, 5.41) is 22.4. The average Bonchev–Trinajstić information content (AvgIpc) is 3.05. The lowest BCUT2D eigenvalue weighted by Crippen LogP contribution is -2.43. The van der Waals surface area contributed by atoms with Crippen molar-refractivity contribution in [2.24, 2.45) is 4.99 Å². The van der Waals surface area contributed by atoms with Gasteiger partial charge in [-0.05, 0) is 18.2 Å². The molecule has 10 nitrogen and oxygen atoms in total. The standard InChI is InChI=1S/C26H25N7O3/c27-22(19-10-6-12-29-24(19)33-13-15-35-16-14-33)36-26(28)32-23-25(34)30-20-11-5-4-9-18(20)21(31-23)17-7-2-1-3-8-17/h1-12,23,27H,13-16H2,(H2,28,32)(H,30,34). The van der Waals surface area contributed by atoms with Crippen LogP contribution in [-0.4, -0.2) is 61.0 Å². The van der Waals surface area contributed by atoms with E-state index in [1.165, 1.54) is 0 Å². The highest BCUT2D eigenvalue weighted by molar-refractivity contribution is 6.19. The van der Waals surface area contributed by atoms with Crippen LogP contribution in [0.1, 0.15) is 16.7 Å². The molecule has 1 saturated heterocycles. The number of carbonyl (C=O) groups is 1. The average molecular weight is 484 g/mol. The van der Waals surface area contributed by atoms with Gasteiger partial charge in [0.05, 0.1) is 30.2 Å². The molecule has 2 aliphatic heterocycles. The van der Waals surface area contributed by atoms with Gasteiger partial charge in [0.15, 0.2) is 0 Å². The number of hydrogen-bond acceptors (Lipinski definition) is 8. The molecule has 1 amide bonds. The Labute approximate surface area is 208 Å². The molecule has 36 heavy (non-hydrogen) atoms. The molecule has 1 unspecified atom stereocenters. The number of ether oxygens (including phenoxy) is 2. The number of hydrogen-bond donors (Lipinski definition) is 4. The summed E-state index contributed by atoms with van der Waals surface area (Å²) in [7, 11) is 0. The predicted octanol–water partition coefficient (Wildman–Crippen LogP) is 2.60. The Morgan fingerprint density at radius 1 is 1.03 bits per heavy atom. The van der Waals surface area contributed by atoms with Gasteiger partial charge in [-0.25, -0.2) is 9.98 Å². The van der Waals surface area contributed by atoms with Gasteiger partial charge in [0, 0.05) is 30.4 Å². The molecule has 0 radical (unpaired) electrons. The predicted molar refractivity (Wildman–Crippen MR) is 137 cm³/mol. The first-order valence-electron chi connectivity index (χ1n) is 11.5. The maximum absolute atomic E-state index is 13.0. The first kappa shape index (κ1) is 23.2. The van der Waals surface area contributed by atoms with Crippen LogP contribution >= 0.6 is 0 Å². The van der Waals surface area contributed by atoms with Gasteiger partial charge < -0.3 is 25.0 Å². The van der Waals surface area contributed by atoms with E-state index in [9.17, 15) is 4.79 Å². The molecule has 2 aromatic carbocycles. The zero-order valence-electron chi connectivity index (χ0n) is 19.4. The Morgan fingerprint density at radius 3 is 2.58 bits per heavy atom. The highest BCUT2D eigenvalue weighted by Crippen LogP contribution is 2.24. The number of fused-ring (bicyclic) bond motifs is 1. The van der Waals surface area contributed by atoms with Crippen molar-refractivity contribution < 1.29 is 14.3 Å². The van der Waals surface area contributed by atoms with Crippen LogP contribution in [0.25, 0.3) is 0 Å². The van der Waals surface area contributed by atoms with E-state index in [0.717, 1.165) is 11.1 Å². The number of para-hydroxylation sites is 1. The van der Waals surface area contributed by atoms with Crippen LogP contribution in [0.5, 0.6) is 0 Å². The summed E-state index contributed by atoms with van der Waals surface area (Å²) in [6.45, 7) is 2.44. The van der Waals surface area contributed by atoms with E-state index < -0.39 is 18.1 Å². The summed E-state index contributed by atoms with van der Waals surface area (Å²) in [5.41, 5.74) is 3.27. The number of amidine groups is 1. The maximum Gasteiger partial charge on any atom is 0.290 e. The van der Waals surface area contributed by atoms with Crippen LogP contribution in [0.15, 0.2) is 77.9 Å². The number of pyridine rings is 1. The molecule has 1 aromatic heterocycles. The Balaban J connectivity index is 1.36. The third-order valence-electron chi connectivity index (χ3n) is 5.81. The number of benzodiazepines with no additional fused rings is 1. The lowest BCUT2D eigenvalue weighted by molar-refractivity contribution is -0.117. The number of nitrogens with zero attached hydrogens (tertiary/aromatic N) is 3. The molecule has 0 saturated carbocycles. The number of morpholine rings is 1. The maximum atomic E-state index is 13.0. The smallest absolute Gasteiger partial charge is 0.290 e. The van der Waals surface area contributed by atoms with E-state index in [1.807, 2.05) is 53.4 Å². The van der Waals surface area contributed by atoms with Crippen molar-refractivity contribution in [3.8, 4) is 0 Å². The van der Waals surface area contributed by atoms with E-state index in [4.69, 9.17) is 20.3 Å². The number of rotatable bonds is 4. The second-order valence-corrected chi connectivity index (χ2v) is 8.16. The molecular formula is C26H25N7O3. The molecule has 4 N–H and O–H groups in total. The van der Waals surface area contributed by atoms with Crippen molar-refractivity contribution >= 4 is 35.0 Å². The minimum absolute atomic E-state index is 0.258. The third-order valence-corrected chi connectivity index (χ3v) is 5.81. The number of aliphatic imine (C=N–C) groups is 1. The van der Waals surface area contributed by atoms with Gasteiger partial charge >= 0.3 is 0 Å². The van der Waals surface area contributed by atoms with Gasteiger partial charge in [-0.15, -0.1) is 0 Å². The van der Waals surface area contributed by atoms with Crippen LogP contribution in [0.2, 0.25) is 0 Å². The van der Waals surface area contributed by atoms with Crippen LogP contribution in [0.3, 0.4) is 0 Å². The van der Waals surface area contributed by atoms with Crippen LogP contribution in [0.4, 0.5) is 11.5 Å². The first-order chi connectivity index (χ1) is 17.6. The Kier molecular flexibility index (Phi) is 6.67. The van der Waals surface area contributed by atoms with Crippen molar-refractivity contribution in [3.05, 3.63) is 89.6 Å². The molecule has 10 heteroatoms. The molecule has 3 aromatic rings. The Hall–Kier alpha value is -4.57. The molecule has 0 spiro atoms. The fourth-order valence-corrected chi connectivity index (χ4v) is 4.09. The number of amides is 1. The summed E-state index contributed by atoms with van der Waals surface area (Å²) in [4.78, 5) is 24.1. The quantitative estimate of drug-likeness (QED) is 0.333. The lowest BCUT2D eigenvalue weighted by atomic mass is 10.0. The number of benzene rings is 2. The molecule has 3 heterocycles. The zero-order valence-corrected chi connectivity index (χ0v) is 19.4. The second kappa shape index (κ2) is 10.4. The highest BCUT2D eigenvalue weighted by Gasteiger charge is 2.27. The van der Waals surface area contributed by atoms with E-state index in [2.05, 4.69) is 20.6 Å². The van der Waals surface area contributed by atoms with Crippen LogP contribution < -0.4 is 15.5 Å². The van der Waals surface area contributed by atoms with Gasteiger partial charge in [0.2, 0.25) is 12.1 Å². The molecule has 0 aliphatic carbocycles. The van der Waals surface area contributed by atoms with Gasteiger partial charge in [-0.2, -0.15) is 0 Å². The van der Waals surface area contributed by atoms with Gasteiger partial charge in [-0.1, -0.05) is 48.5 Å². The fourth-order valence-electron chi connectivity index (χ4n) is 4.09. The van der Waals surface area contributed by atoms with E-state index in [1.54, 1.807) is 24.4 Å². The monoisotopic (exact) mass is 483 g/mol. The van der Waals surface area contributed by atoms with E-state index in [0.29, 0.717) is 49.1 Å². The normalized spacial score (nSPS) is 17.2. The van der Waals surface area contributed by atoms with Crippen molar-refractivity contribution in [1.29, 1.82) is 10.8 Å². The SMILES string of the molecule is N=C(NC1N=C(c2ccccc2)c2ccccc2NC1=O)OC(=N)c1cccnc1N1CCOCC1. The molecule has 1 atom stereocenters. The summed E-state index contributed by atoms with van der Waals surface area (Å²) in [5.74, 6) is -0.110. The van der Waals surface area contributed by atoms with Gasteiger partial charge in [0.1, 0.15) is 5.82 Å². The summed E-state index contributed by atoms with van der Waals surface area (Å²) in [6.07, 6.45) is 0.513. The van der Waals surface area contributed by atoms with E-state index >= 15 is 0 Å². The van der Waals surface area contributed by atoms with Crippen molar-refractivity contribution in [2.45, 2.75) is 6.17 Å². The molecular weight excluding hydrogens is 458 g/mol. The highest BCUT2D eigenvalue weighted by atomic mass is 16.5. The second-order valence-electron chi connectivity index (χ2n) is 8.16. The summed E-state index contributed by atoms with van der Waals surface area (Å²) < 4.78 is 10.9. The topological polar surface area (TPSA) is 136 Å². The number of carbonyl (C=O) groups excluding carboxylic acids is 1. The Morgan fingerprint density at radius 2 is 1.78 bits per heavy atom. The molecule has 2 aliphatic rings. The van der Waals surface area contributed by atoms with Crippen molar-refractivity contribution in [1.82, 2.24) is 10.3 Å². The van der Waals surface area contributed by atoms with E-state index in [-0.39, 0.29) is 5.90 Å². The number of anilines is 2.